The van der Waals surface area contributed by atoms with Crippen molar-refractivity contribution < 1.29 is 18.3 Å². The fourth-order valence-corrected chi connectivity index (χ4v) is 2.14. The van der Waals surface area contributed by atoms with Crippen LogP contribution in [0.15, 0.2) is 30.5 Å². The average molecular weight is 298 g/mol. The maximum absolute atomic E-state index is 13.3. The minimum atomic E-state index is -4.60. The van der Waals surface area contributed by atoms with Crippen LogP contribution in [0.1, 0.15) is 37.6 Å². The molecule has 3 nitrogen and oxygen atoms in total. The van der Waals surface area contributed by atoms with Gasteiger partial charge in [0.15, 0.2) is 5.69 Å². The molecule has 0 saturated heterocycles. The summed E-state index contributed by atoms with van der Waals surface area (Å²) in [6, 6.07) is 6.71. The minimum absolute atomic E-state index is 0.241. The Labute approximate surface area is 121 Å². The zero-order valence-electron chi connectivity index (χ0n) is 12.1. The molecule has 0 aliphatic rings. The number of halogens is 3. The molecular formula is C15H17F3N2O. The summed E-state index contributed by atoms with van der Waals surface area (Å²) in [5, 5.41) is 13.7. The maximum atomic E-state index is 13.3. The number of aromatic nitrogens is 2. The highest BCUT2D eigenvalue weighted by molar-refractivity contribution is 5.39. The lowest BCUT2D eigenvalue weighted by molar-refractivity contribution is -0.145. The molecule has 0 fully saturated rings. The lowest BCUT2D eigenvalue weighted by Crippen LogP contribution is -2.23. The normalized spacial score (nSPS) is 12.7. The topological polar surface area (TPSA) is 38.0 Å². The Morgan fingerprint density at radius 3 is 2.14 bits per heavy atom. The lowest BCUT2D eigenvalue weighted by atomic mass is 9.98. The Balaban J connectivity index is 2.61. The van der Waals surface area contributed by atoms with Gasteiger partial charge in [-0.15, -0.1) is 0 Å². The molecule has 0 atom stereocenters. The fourth-order valence-electron chi connectivity index (χ4n) is 2.14. The molecule has 0 aliphatic heterocycles. The van der Waals surface area contributed by atoms with Gasteiger partial charge in [0.25, 0.3) is 0 Å². The van der Waals surface area contributed by atoms with E-state index in [4.69, 9.17) is 0 Å². The Morgan fingerprint density at radius 1 is 1.14 bits per heavy atom. The van der Waals surface area contributed by atoms with E-state index in [1.165, 1.54) is 13.8 Å². The fraction of sp³-hybridized carbons (Fsp3) is 0.400. The van der Waals surface area contributed by atoms with Crippen molar-refractivity contribution in [1.82, 2.24) is 9.78 Å². The molecule has 6 heteroatoms. The summed E-state index contributed by atoms with van der Waals surface area (Å²) in [4.78, 5) is 0. The van der Waals surface area contributed by atoms with Crippen molar-refractivity contribution in [2.45, 2.75) is 39.0 Å². The first-order valence-corrected chi connectivity index (χ1v) is 6.62. The second-order valence-corrected chi connectivity index (χ2v) is 5.40. The van der Waals surface area contributed by atoms with Gasteiger partial charge in [0.1, 0.15) is 0 Å². The second-order valence-electron chi connectivity index (χ2n) is 5.40. The number of hydrogen-bond acceptors (Lipinski definition) is 2. The van der Waals surface area contributed by atoms with Gasteiger partial charge in [-0.05, 0) is 38.0 Å². The van der Waals surface area contributed by atoms with Gasteiger partial charge in [-0.3, -0.25) is 0 Å². The number of nitrogens with zero attached hydrogens (tertiary/aromatic N) is 2. The predicted octanol–water partition coefficient (Wildman–Crippen LogP) is 3.68. The van der Waals surface area contributed by atoms with Gasteiger partial charge in [0.2, 0.25) is 0 Å². The van der Waals surface area contributed by atoms with Crippen LogP contribution < -0.4 is 0 Å². The number of benzene rings is 1. The third-order valence-electron chi connectivity index (χ3n) is 3.29. The molecule has 0 spiro atoms. The van der Waals surface area contributed by atoms with Gasteiger partial charge in [-0.2, -0.15) is 18.3 Å². The van der Waals surface area contributed by atoms with E-state index in [9.17, 15) is 18.3 Å². The summed E-state index contributed by atoms with van der Waals surface area (Å²) < 4.78 is 40.8. The van der Waals surface area contributed by atoms with Crippen LogP contribution in [-0.4, -0.2) is 14.9 Å². The van der Waals surface area contributed by atoms with Gasteiger partial charge in [0.05, 0.1) is 17.5 Å². The quantitative estimate of drug-likeness (QED) is 0.938. The molecule has 2 aromatic rings. The number of alkyl halides is 3. The molecular weight excluding hydrogens is 281 g/mol. The molecule has 2 rings (SSSR count). The summed E-state index contributed by atoms with van der Waals surface area (Å²) in [5.41, 5.74) is -1.46. The zero-order valence-corrected chi connectivity index (χ0v) is 12.1. The first-order chi connectivity index (χ1) is 9.64. The van der Waals surface area contributed by atoms with Crippen molar-refractivity contribution in [2.75, 3.05) is 0 Å². The van der Waals surface area contributed by atoms with Crippen LogP contribution in [0.4, 0.5) is 13.2 Å². The molecule has 1 aromatic heterocycles. The second kappa shape index (κ2) is 5.18. The summed E-state index contributed by atoms with van der Waals surface area (Å²) in [6.07, 6.45) is -2.73. The molecule has 0 radical (unpaired) electrons. The molecule has 1 heterocycles. The van der Waals surface area contributed by atoms with E-state index in [0.29, 0.717) is 5.69 Å². The van der Waals surface area contributed by atoms with Gasteiger partial charge >= 0.3 is 6.18 Å². The average Bonchev–Trinajstić information content (AvgIpc) is 2.83. The highest BCUT2D eigenvalue weighted by Gasteiger charge is 2.42. The molecule has 0 unspecified atom stereocenters. The van der Waals surface area contributed by atoms with Crippen LogP contribution in [0.25, 0.3) is 5.69 Å². The van der Waals surface area contributed by atoms with Crippen molar-refractivity contribution in [2.24, 2.45) is 0 Å². The maximum Gasteiger partial charge on any atom is 0.433 e. The Morgan fingerprint density at radius 2 is 1.71 bits per heavy atom. The molecule has 1 N–H and O–H groups in total. The summed E-state index contributed by atoms with van der Waals surface area (Å²) in [5.74, 6) is 0. The van der Waals surface area contributed by atoms with Crippen LogP contribution in [0.3, 0.4) is 0 Å². The third kappa shape index (κ3) is 3.10. The van der Waals surface area contributed by atoms with Gasteiger partial charge in [0, 0.05) is 5.56 Å². The van der Waals surface area contributed by atoms with Crippen LogP contribution in [0.2, 0.25) is 0 Å². The van der Waals surface area contributed by atoms with E-state index >= 15 is 0 Å². The number of rotatable bonds is 3. The molecule has 114 valence electrons. The van der Waals surface area contributed by atoms with Gasteiger partial charge in [-0.25, -0.2) is 4.68 Å². The van der Waals surface area contributed by atoms with Crippen LogP contribution in [0.5, 0.6) is 0 Å². The van der Waals surface area contributed by atoms with Gasteiger partial charge < -0.3 is 5.11 Å². The third-order valence-corrected chi connectivity index (χ3v) is 3.29. The molecule has 1 aromatic carbocycles. The van der Waals surface area contributed by atoms with Gasteiger partial charge in [-0.1, -0.05) is 19.1 Å². The number of aliphatic hydroxyl groups is 1. The van der Waals surface area contributed by atoms with Crippen LogP contribution in [-0.2, 0) is 18.2 Å². The smallest absolute Gasteiger partial charge is 0.386 e. The number of hydrogen-bond donors (Lipinski definition) is 1. The van der Waals surface area contributed by atoms with E-state index in [2.05, 4.69) is 5.10 Å². The zero-order chi connectivity index (χ0) is 15.8. The van der Waals surface area contributed by atoms with E-state index in [0.717, 1.165) is 22.9 Å². The molecule has 0 bridgehead atoms. The largest absolute Gasteiger partial charge is 0.433 e. The van der Waals surface area contributed by atoms with Crippen LogP contribution >= 0.6 is 0 Å². The van der Waals surface area contributed by atoms with Crippen molar-refractivity contribution in [3.05, 3.63) is 47.3 Å². The summed E-state index contributed by atoms with van der Waals surface area (Å²) in [6.45, 7) is 4.59. The first kappa shape index (κ1) is 15.6. The monoisotopic (exact) mass is 298 g/mol. The Hall–Kier alpha value is -1.82. The van der Waals surface area contributed by atoms with Crippen molar-refractivity contribution in [3.8, 4) is 5.69 Å². The van der Waals surface area contributed by atoms with Crippen molar-refractivity contribution in [3.63, 3.8) is 0 Å². The van der Waals surface area contributed by atoms with E-state index in [-0.39, 0.29) is 5.56 Å². The number of aryl methyl sites for hydroxylation is 1. The van der Waals surface area contributed by atoms with E-state index < -0.39 is 17.5 Å². The first-order valence-electron chi connectivity index (χ1n) is 6.62. The van der Waals surface area contributed by atoms with E-state index in [1.54, 1.807) is 24.3 Å². The Kier molecular flexibility index (Phi) is 3.84. The van der Waals surface area contributed by atoms with Crippen molar-refractivity contribution >= 4 is 0 Å². The Bertz CT molecular complexity index is 622. The lowest BCUT2D eigenvalue weighted by Gasteiger charge is -2.20. The highest BCUT2D eigenvalue weighted by Crippen LogP contribution is 2.37. The molecule has 0 saturated carbocycles. The summed E-state index contributed by atoms with van der Waals surface area (Å²) in [7, 11) is 0. The van der Waals surface area contributed by atoms with Crippen LogP contribution in [0, 0.1) is 0 Å². The molecule has 21 heavy (non-hydrogen) atoms. The van der Waals surface area contributed by atoms with E-state index in [1.807, 2.05) is 6.92 Å². The minimum Gasteiger partial charge on any atom is -0.386 e. The van der Waals surface area contributed by atoms with Crippen molar-refractivity contribution in [1.29, 1.82) is 0 Å². The standard InChI is InChI=1S/C15H17F3N2O/c1-4-10-5-7-11(8-6-10)20-13(15(16,17)18)12(9-19-20)14(2,3)21/h5-9,21H,4H2,1-3H3. The predicted molar refractivity (Wildman–Crippen MR) is 73.2 cm³/mol. The highest BCUT2D eigenvalue weighted by atomic mass is 19.4. The molecule has 0 amide bonds. The SMILES string of the molecule is CCc1ccc(-n2ncc(C(C)(C)O)c2C(F)(F)F)cc1. The summed E-state index contributed by atoms with van der Waals surface area (Å²) >= 11 is 0. The molecule has 0 aliphatic carbocycles.